The number of carbonyl (C=O) groups is 2. The standard InChI is InChI=1S/C8H17N3O2S/c1-5(9-2)7(12)11-6(4-14)8(13)10-3/h5-6,9,14H,4H2,1-3H3,(H,10,13)(H,11,12)/t5-,6-/m0/s1. The normalized spacial score (nSPS) is 14.3. The maximum atomic E-state index is 11.4. The van der Waals surface area contributed by atoms with Gasteiger partial charge >= 0.3 is 0 Å². The van der Waals surface area contributed by atoms with Crippen LogP contribution in [0, 0.1) is 0 Å². The van der Waals surface area contributed by atoms with E-state index in [4.69, 9.17) is 0 Å². The van der Waals surface area contributed by atoms with Gasteiger partial charge in [-0.1, -0.05) is 0 Å². The second kappa shape index (κ2) is 6.67. The first kappa shape index (κ1) is 13.2. The van der Waals surface area contributed by atoms with Crippen LogP contribution in [0.1, 0.15) is 6.92 Å². The molecular weight excluding hydrogens is 202 g/mol. The lowest BCUT2D eigenvalue weighted by Crippen LogP contribution is -2.51. The zero-order chi connectivity index (χ0) is 11.1. The van der Waals surface area contributed by atoms with Crippen molar-refractivity contribution in [1.82, 2.24) is 16.0 Å². The van der Waals surface area contributed by atoms with Gasteiger partial charge in [-0.25, -0.2) is 0 Å². The molecule has 0 aromatic carbocycles. The molecule has 5 nitrogen and oxygen atoms in total. The zero-order valence-corrected chi connectivity index (χ0v) is 9.52. The van der Waals surface area contributed by atoms with E-state index in [0.717, 1.165) is 0 Å². The Bertz CT molecular complexity index is 211. The summed E-state index contributed by atoms with van der Waals surface area (Å²) in [4.78, 5) is 22.6. The van der Waals surface area contributed by atoms with Crippen LogP contribution < -0.4 is 16.0 Å². The molecule has 3 N–H and O–H groups in total. The summed E-state index contributed by atoms with van der Waals surface area (Å²) in [5.41, 5.74) is 0. The predicted octanol–water partition coefficient (Wildman–Crippen LogP) is -1.25. The van der Waals surface area contributed by atoms with Gasteiger partial charge in [0.2, 0.25) is 11.8 Å². The molecule has 0 aromatic rings. The van der Waals surface area contributed by atoms with Crippen LogP contribution in [0.5, 0.6) is 0 Å². The van der Waals surface area contributed by atoms with Gasteiger partial charge in [0.05, 0.1) is 6.04 Å². The quantitative estimate of drug-likeness (QED) is 0.437. The number of likely N-dealkylation sites (N-methyl/N-ethyl adjacent to an activating group) is 2. The highest BCUT2D eigenvalue weighted by atomic mass is 32.1. The number of hydrogen-bond acceptors (Lipinski definition) is 4. The van der Waals surface area contributed by atoms with E-state index >= 15 is 0 Å². The topological polar surface area (TPSA) is 70.2 Å². The van der Waals surface area contributed by atoms with Crippen LogP contribution in [0.2, 0.25) is 0 Å². The SMILES string of the molecule is CNC(=O)[C@H](CS)NC(=O)[C@H](C)NC. The molecule has 0 bridgehead atoms. The highest BCUT2D eigenvalue weighted by Gasteiger charge is 2.20. The van der Waals surface area contributed by atoms with Crippen molar-refractivity contribution >= 4 is 24.4 Å². The number of carbonyl (C=O) groups excluding carboxylic acids is 2. The van der Waals surface area contributed by atoms with Crippen molar-refractivity contribution < 1.29 is 9.59 Å². The van der Waals surface area contributed by atoms with Crippen molar-refractivity contribution in [3.63, 3.8) is 0 Å². The van der Waals surface area contributed by atoms with Gasteiger partial charge in [0, 0.05) is 12.8 Å². The molecule has 0 saturated carbocycles. The second-order valence-corrected chi connectivity index (χ2v) is 3.23. The van der Waals surface area contributed by atoms with Gasteiger partial charge in [-0.3, -0.25) is 9.59 Å². The Hall–Kier alpha value is -0.750. The van der Waals surface area contributed by atoms with Gasteiger partial charge in [0.25, 0.3) is 0 Å². The van der Waals surface area contributed by atoms with Crippen molar-refractivity contribution in [2.45, 2.75) is 19.0 Å². The molecule has 0 saturated heterocycles. The van der Waals surface area contributed by atoms with Gasteiger partial charge in [-0.15, -0.1) is 0 Å². The Kier molecular flexibility index (Phi) is 6.31. The van der Waals surface area contributed by atoms with Crippen LogP contribution in [0.3, 0.4) is 0 Å². The van der Waals surface area contributed by atoms with Gasteiger partial charge < -0.3 is 16.0 Å². The molecule has 2 amide bonds. The largest absolute Gasteiger partial charge is 0.357 e. The average Bonchev–Trinajstić information content (AvgIpc) is 2.22. The van der Waals surface area contributed by atoms with E-state index in [2.05, 4.69) is 28.6 Å². The van der Waals surface area contributed by atoms with Crippen molar-refractivity contribution in [2.75, 3.05) is 19.8 Å². The Morgan fingerprint density at radius 1 is 1.29 bits per heavy atom. The summed E-state index contributed by atoms with van der Waals surface area (Å²) in [6, 6.07) is -0.895. The third-order valence-electron chi connectivity index (χ3n) is 1.89. The number of amides is 2. The molecule has 14 heavy (non-hydrogen) atoms. The van der Waals surface area contributed by atoms with E-state index in [9.17, 15) is 9.59 Å². The van der Waals surface area contributed by atoms with Gasteiger partial charge in [-0.2, -0.15) is 12.6 Å². The van der Waals surface area contributed by atoms with Gasteiger partial charge in [0.1, 0.15) is 6.04 Å². The molecule has 0 aliphatic carbocycles. The summed E-state index contributed by atoms with van der Waals surface area (Å²) in [6.45, 7) is 1.72. The van der Waals surface area contributed by atoms with Crippen LogP contribution in [-0.2, 0) is 9.59 Å². The van der Waals surface area contributed by atoms with Crippen molar-refractivity contribution in [1.29, 1.82) is 0 Å². The van der Waals surface area contributed by atoms with Crippen LogP contribution in [0.15, 0.2) is 0 Å². The first-order chi connectivity index (χ1) is 6.56. The summed E-state index contributed by atoms with van der Waals surface area (Å²) in [5.74, 6) is -0.172. The number of nitrogens with one attached hydrogen (secondary N) is 3. The average molecular weight is 219 g/mol. The minimum absolute atomic E-state index is 0.213. The monoisotopic (exact) mass is 219 g/mol. The molecule has 2 atom stereocenters. The molecule has 6 heteroatoms. The second-order valence-electron chi connectivity index (χ2n) is 2.87. The summed E-state index contributed by atoms with van der Waals surface area (Å²) in [5, 5.41) is 7.82. The lowest BCUT2D eigenvalue weighted by atomic mass is 10.2. The molecule has 0 aromatic heterocycles. The lowest BCUT2D eigenvalue weighted by Gasteiger charge is -2.17. The van der Waals surface area contributed by atoms with Crippen LogP contribution in [-0.4, -0.2) is 43.7 Å². The fourth-order valence-corrected chi connectivity index (χ4v) is 1.05. The van der Waals surface area contributed by atoms with E-state index in [-0.39, 0.29) is 23.6 Å². The third-order valence-corrected chi connectivity index (χ3v) is 2.25. The third kappa shape index (κ3) is 3.97. The molecule has 0 heterocycles. The van der Waals surface area contributed by atoms with Crippen molar-refractivity contribution in [3.8, 4) is 0 Å². The molecule has 0 radical (unpaired) electrons. The minimum atomic E-state index is -0.577. The van der Waals surface area contributed by atoms with E-state index in [1.54, 1.807) is 14.0 Å². The predicted molar refractivity (Wildman–Crippen MR) is 58.4 cm³/mol. The highest BCUT2D eigenvalue weighted by Crippen LogP contribution is 1.90. The van der Waals surface area contributed by atoms with E-state index < -0.39 is 6.04 Å². The summed E-state index contributed by atoms with van der Waals surface area (Å²) >= 11 is 3.99. The first-order valence-corrected chi connectivity index (χ1v) is 5.00. The Morgan fingerprint density at radius 2 is 1.86 bits per heavy atom. The summed E-state index contributed by atoms with van der Waals surface area (Å²) in [7, 11) is 3.20. The van der Waals surface area contributed by atoms with E-state index in [1.165, 1.54) is 7.05 Å². The molecule has 82 valence electrons. The lowest BCUT2D eigenvalue weighted by molar-refractivity contribution is -0.129. The zero-order valence-electron chi connectivity index (χ0n) is 8.63. The maximum absolute atomic E-state index is 11.4. The Balaban J connectivity index is 4.18. The highest BCUT2D eigenvalue weighted by molar-refractivity contribution is 7.80. The first-order valence-electron chi connectivity index (χ1n) is 4.36. The Morgan fingerprint density at radius 3 is 2.21 bits per heavy atom. The molecule has 0 fully saturated rings. The minimum Gasteiger partial charge on any atom is -0.357 e. The molecule has 0 aliphatic rings. The molecule has 0 spiro atoms. The van der Waals surface area contributed by atoms with Crippen molar-refractivity contribution in [2.24, 2.45) is 0 Å². The summed E-state index contributed by atoms with van der Waals surface area (Å²) in [6.07, 6.45) is 0. The number of hydrogen-bond donors (Lipinski definition) is 4. The van der Waals surface area contributed by atoms with E-state index in [1.807, 2.05) is 0 Å². The van der Waals surface area contributed by atoms with Gasteiger partial charge in [0.15, 0.2) is 0 Å². The van der Waals surface area contributed by atoms with Crippen molar-refractivity contribution in [3.05, 3.63) is 0 Å². The molecule has 0 unspecified atom stereocenters. The Labute approximate surface area is 89.4 Å². The fourth-order valence-electron chi connectivity index (χ4n) is 0.796. The van der Waals surface area contributed by atoms with Crippen LogP contribution in [0.25, 0.3) is 0 Å². The number of rotatable bonds is 5. The maximum Gasteiger partial charge on any atom is 0.243 e. The van der Waals surface area contributed by atoms with Crippen LogP contribution >= 0.6 is 12.6 Å². The fraction of sp³-hybridized carbons (Fsp3) is 0.750. The van der Waals surface area contributed by atoms with E-state index in [0.29, 0.717) is 0 Å². The smallest absolute Gasteiger partial charge is 0.243 e. The molecule has 0 rings (SSSR count). The molecule has 0 aliphatic heterocycles. The van der Waals surface area contributed by atoms with Crippen LogP contribution in [0.4, 0.5) is 0 Å². The molecular formula is C8H17N3O2S. The number of thiol groups is 1. The van der Waals surface area contributed by atoms with Gasteiger partial charge in [-0.05, 0) is 14.0 Å². The summed E-state index contributed by atoms with van der Waals surface area (Å²) < 4.78 is 0.